The average Bonchev–Trinajstić information content (AvgIpc) is 2.41. The van der Waals surface area contributed by atoms with Crippen LogP contribution in [-0.2, 0) is 4.74 Å². The SMILES string of the molecule is CC(C)(C)OC(=O)N1CC2NCCC21C#N. The number of likely N-dealkylation sites (tertiary alicyclic amines) is 1. The van der Waals surface area contributed by atoms with Gasteiger partial charge in [-0.15, -0.1) is 0 Å². The van der Waals surface area contributed by atoms with Gasteiger partial charge >= 0.3 is 6.09 Å². The largest absolute Gasteiger partial charge is 0.444 e. The minimum atomic E-state index is -0.664. The second kappa shape index (κ2) is 3.36. The van der Waals surface area contributed by atoms with Gasteiger partial charge in [-0.05, 0) is 33.7 Å². The summed E-state index contributed by atoms with van der Waals surface area (Å²) in [5.74, 6) is 0. The van der Waals surface area contributed by atoms with E-state index in [-0.39, 0.29) is 12.1 Å². The Morgan fingerprint density at radius 3 is 2.81 bits per heavy atom. The Bertz CT molecular complexity index is 355. The van der Waals surface area contributed by atoms with Gasteiger partial charge in [-0.1, -0.05) is 0 Å². The molecule has 1 amide bonds. The van der Waals surface area contributed by atoms with Gasteiger partial charge in [0.05, 0.1) is 12.1 Å². The zero-order valence-electron chi connectivity index (χ0n) is 9.91. The maximum atomic E-state index is 11.9. The standard InChI is InChI=1S/C11H17N3O2/c1-10(2,3)16-9(15)14-6-8-11(14,7-12)4-5-13-8/h8,13H,4-6H2,1-3H3. The van der Waals surface area contributed by atoms with Crippen LogP contribution in [-0.4, -0.2) is 41.3 Å². The Morgan fingerprint density at radius 2 is 2.31 bits per heavy atom. The summed E-state index contributed by atoms with van der Waals surface area (Å²) in [6.07, 6.45) is 0.307. The summed E-state index contributed by atoms with van der Waals surface area (Å²) < 4.78 is 5.28. The summed E-state index contributed by atoms with van der Waals surface area (Å²) in [6.45, 7) is 6.84. The van der Waals surface area contributed by atoms with E-state index < -0.39 is 11.1 Å². The zero-order valence-corrected chi connectivity index (χ0v) is 9.91. The lowest BCUT2D eigenvalue weighted by atomic mass is 9.82. The molecule has 0 aromatic heterocycles. The minimum Gasteiger partial charge on any atom is -0.444 e. The summed E-state index contributed by atoms with van der Waals surface area (Å²) in [6, 6.07) is 2.37. The highest BCUT2D eigenvalue weighted by Crippen LogP contribution is 2.38. The summed E-state index contributed by atoms with van der Waals surface area (Å²) in [4.78, 5) is 13.4. The molecule has 2 saturated heterocycles. The van der Waals surface area contributed by atoms with Crippen molar-refractivity contribution in [3.63, 3.8) is 0 Å². The fraction of sp³-hybridized carbons (Fsp3) is 0.818. The van der Waals surface area contributed by atoms with Gasteiger partial charge in [-0.2, -0.15) is 5.26 Å². The monoisotopic (exact) mass is 223 g/mol. The Balaban J connectivity index is 2.08. The molecule has 2 atom stereocenters. The molecule has 0 aromatic carbocycles. The molecule has 1 N–H and O–H groups in total. The van der Waals surface area contributed by atoms with Crippen LogP contribution in [0.25, 0.3) is 0 Å². The number of carbonyl (C=O) groups excluding carboxylic acids is 1. The molecule has 0 aromatic rings. The summed E-state index contributed by atoms with van der Waals surface area (Å²) in [7, 11) is 0. The first-order chi connectivity index (χ1) is 7.39. The van der Waals surface area contributed by atoms with Gasteiger partial charge in [-0.3, -0.25) is 4.90 Å². The molecule has 2 unspecified atom stereocenters. The summed E-state index contributed by atoms with van der Waals surface area (Å²) in [5, 5.41) is 12.4. The lowest BCUT2D eigenvalue weighted by Gasteiger charge is -2.49. The van der Waals surface area contributed by atoms with Crippen LogP contribution in [0.15, 0.2) is 0 Å². The molecule has 0 saturated carbocycles. The van der Waals surface area contributed by atoms with Crippen LogP contribution in [0, 0.1) is 11.3 Å². The van der Waals surface area contributed by atoms with Gasteiger partial charge in [0.15, 0.2) is 5.54 Å². The second-order valence-electron chi connectivity index (χ2n) is 5.38. The summed E-state index contributed by atoms with van der Waals surface area (Å²) in [5.41, 5.74) is -1.17. The molecule has 0 aliphatic carbocycles. The van der Waals surface area contributed by atoms with Crippen molar-refractivity contribution in [1.82, 2.24) is 10.2 Å². The highest BCUT2D eigenvalue weighted by molar-refractivity contribution is 5.72. The van der Waals surface area contributed by atoms with Crippen LogP contribution >= 0.6 is 0 Å². The van der Waals surface area contributed by atoms with Crippen molar-refractivity contribution < 1.29 is 9.53 Å². The van der Waals surface area contributed by atoms with Gasteiger partial charge in [0.2, 0.25) is 0 Å². The Hall–Kier alpha value is -1.28. The molecule has 0 bridgehead atoms. The van der Waals surface area contributed by atoms with Crippen LogP contribution in [0.1, 0.15) is 27.2 Å². The molecule has 16 heavy (non-hydrogen) atoms. The summed E-state index contributed by atoms with van der Waals surface area (Å²) >= 11 is 0. The maximum absolute atomic E-state index is 11.9. The van der Waals surface area contributed by atoms with Gasteiger partial charge in [0.25, 0.3) is 0 Å². The van der Waals surface area contributed by atoms with Crippen molar-refractivity contribution >= 4 is 6.09 Å². The van der Waals surface area contributed by atoms with Crippen molar-refractivity contribution in [3.8, 4) is 6.07 Å². The van der Waals surface area contributed by atoms with Crippen LogP contribution in [0.5, 0.6) is 0 Å². The lowest BCUT2D eigenvalue weighted by Crippen LogP contribution is -2.72. The number of rotatable bonds is 0. The topological polar surface area (TPSA) is 65.4 Å². The van der Waals surface area contributed by atoms with Gasteiger partial charge in [-0.25, -0.2) is 4.79 Å². The molecule has 2 fully saturated rings. The predicted octanol–water partition coefficient (Wildman–Crippen LogP) is 0.861. The number of fused-ring (bicyclic) bond motifs is 1. The van der Waals surface area contributed by atoms with Gasteiger partial charge in [0.1, 0.15) is 5.60 Å². The Labute approximate surface area is 95.4 Å². The van der Waals surface area contributed by atoms with Crippen LogP contribution in [0.4, 0.5) is 4.79 Å². The van der Waals surface area contributed by atoms with E-state index in [1.165, 1.54) is 0 Å². The number of hydrogen-bond donors (Lipinski definition) is 1. The fourth-order valence-electron chi connectivity index (χ4n) is 2.30. The normalized spacial score (nSPS) is 32.6. The van der Waals surface area contributed by atoms with Crippen LogP contribution in [0.3, 0.4) is 0 Å². The maximum Gasteiger partial charge on any atom is 0.411 e. The Morgan fingerprint density at radius 1 is 1.62 bits per heavy atom. The van der Waals surface area contributed by atoms with E-state index in [9.17, 15) is 10.1 Å². The number of nitriles is 1. The van der Waals surface area contributed by atoms with E-state index in [4.69, 9.17) is 4.74 Å². The third kappa shape index (κ3) is 1.54. The van der Waals surface area contributed by atoms with Crippen LogP contribution < -0.4 is 5.32 Å². The van der Waals surface area contributed by atoms with E-state index in [2.05, 4.69) is 11.4 Å². The average molecular weight is 223 g/mol. The number of nitrogens with one attached hydrogen (secondary N) is 1. The number of amides is 1. The lowest BCUT2D eigenvalue weighted by molar-refractivity contribution is -0.0299. The molecule has 0 spiro atoms. The third-order valence-corrected chi connectivity index (χ3v) is 3.13. The molecule has 88 valence electrons. The number of nitrogens with zero attached hydrogens (tertiary/aromatic N) is 2. The van der Waals surface area contributed by atoms with E-state index in [0.717, 1.165) is 6.54 Å². The second-order valence-corrected chi connectivity index (χ2v) is 5.38. The first-order valence-corrected chi connectivity index (χ1v) is 5.54. The first-order valence-electron chi connectivity index (χ1n) is 5.54. The first kappa shape index (κ1) is 11.2. The highest BCUT2D eigenvalue weighted by atomic mass is 16.6. The van der Waals surface area contributed by atoms with Crippen molar-refractivity contribution in [1.29, 1.82) is 5.26 Å². The quantitative estimate of drug-likeness (QED) is 0.661. The van der Waals surface area contributed by atoms with Crippen molar-refractivity contribution in [2.75, 3.05) is 13.1 Å². The predicted molar refractivity (Wildman–Crippen MR) is 57.7 cm³/mol. The van der Waals surface area contributed by atoms with Gasteiger partial charge in [0, 0.05) is 6.54 Å². The van der Waals surface area contributed by atoms with Gasteiger partial charge < -0.3 is 10.1 Å². The van der Waals surface area contributed by atoms with E-state index >= 15 is 0 Å². The van der Waals surface area contributed by atoms with E-state index in [1.54, 1.807) is 4.90 Å². The van der Waals surface area contributed by atoms with Crippen LogP contribution in [0.2, 0.25) is 0 Å². The molecular weight excluding hydrogens is 206 g/mol. The molecule has 2 aliphatic rings. The molecule has 5 nitrogen and oxygen atoms in total. The third-order valence-electron chi connectivity index (χ3n) is 3.13. The molecule has 2 heterocycles. The molecule has 5 heteroatoms. The molecule has 2 aliphatic heterocycles. The molecule has 2 rings (SSSR count). The smallest absolute Gasteiger partial charge is 0.411 e. The van der Waals surface area contributed by atoms with Crippen molar-refractivity contribution in [2.45, 2.75) is 44.4 Å². The highest BCUT2D eigenvalue weighted by Gasteiger charge is 2.60. The number of hydrogen-bond acceptors (Lipinski definition) is 4. The number of ether oxygens (including phenoxy) is 1. The molecular formula is C11H17N3O2. The molecule has 0 radical (unpaired) electrons. The fourth-order valence-corrected chi connectivity index (χ4v) is 2.30. The number of carbonyl (C=O) groups is 1. The van der Waals surface area contributed by atoms with E-state index in [1.807, 2.05) is 20.8 Å². The van der Waals surface area contributed by atoms with Crippen molar-refractivity contribution in [3.05, 3.63) is 0 Å². The Kier molecular flexibility index (Phi) is 2.35. The zero-order chi connectivity index (χ0) is 12.0. The van der Waals surface area contributed by atoms with E-state index in [0.29, 0.717) is 13.0 Å². The minimum absolute atomic E-state index is 0.116. The van der Waals surface area contributed by atoms with Crippen molar-refractivity contribution in [2.24, 2.45) is 0 Å².